The van der Waals surface area contributed by atoms with Crippen molar-refractivity contribution >= 4 is 35.0 Å². The number of amides is 1. The van der Waals surface area contributed by atoms with Gasteiger partial charge in [-0.15, -0.1) is 5.10 Å². The predicted octanol–water partition coefficient (Wildman–Crippen LogP) is 4.23. The Kier molecular flexibility index (Phi) is 7.51. The van der Waals surface area contributed by atoms with Gasteiger partial charge >= 0.3 is 5.97 Å². The fourth-order valence-corrected chi connectivity index (χ4v) is 4.16. The molecule has 1 amide bonds. The van der Waals surface area contributed by atoms with E-state index in [1.54, 1.807) is 43.3 Å². The van der Waals surface area contributed by atoms with Crippen molar-refractivity contribution < 1.29 is 14.3 Å². The molecule has 3 aromatic rings. The molecule has 0 atom stereocenters. The number of aromatic nitrogens is 2. The van der Waals surface area contributed by atoms with Crippen LogP contribution in [0.2, 0.25) is 5.02 Å². The molecule has 0 unspecified atom stereocenters. The first kappa shape index (κ1) is 24.5. The first-order valence-electron chi connectivity index (χ1n) is 11.6. The maximum absolute atomic E-state index is 12.8. The highest BCUT2D eigenvalue weighted by Gasteiger charge is 2.26. The number of rotatable bonds is 6. The summed E-state index contributed by atoms with van der Waals surface area (Å²) in [6, 6.07) is 15.3. The standard InChI is InChI=1S/C26H27ClN4O4/c1-3-35-26(34)19-5-7-20(8-6-19)28-25(33)18-12-14-30(15-13-18)23-10-11-24(32)31(29-23)21-9-4-17(2)22(27)16-21/h4-11,16,18H,3,12-15H2,1-2H3,(H,28,33). The lowest BCUT2D eigenvalue weighted by Crippen LogP contribution is -2.39. The van der Waals surface area contributed by atoms with Crippen LogP contribution in [0.5, 0.6) is 0 Å². The summed E-state index contributed by atoms with van der Waals surface area (Å²) < 4.78 is 6.33. The van der Waals surface area contributed by atoms with Gasteiger partial charge in [0.05, 0.1) is 17.9 Å². The van der Waals surface area contributed by atoms with Gasteiger partial charge in [0.2, 0.25) is 5.91 Å². The summed E-state index contributed by atoms with van der Waals surface area (Å²) in [5.41, 5.74) is 2.37. The Balaban J connectivity index is 1.38. The molecule has 0 saturated carbocycles. The van der Waals surface area contributed by atoms with Crippen LogP contribution in [0.25, 0.3) is 5.69 Å². The minimum absolute atomic E-state index is 0.0549. The monoisotopic (exact) mass is 494 g/mol. The molecule has 182 valence electrons. The lowest BCUT2D eigenvalue weighted by atomic mass is 9.95. The van der Waals surface area contributed by atoms with E-state index in [2.05, 4.69) is 15.3 Å². The molecule has 0 bridgehead atoms. The number of nitrogens with one attached hydrogen (secondary N) is 1. The quantitative estimate of drug-likeness (QED) is 0.515. The van der Waals surface area contributed by atoms with Crippen molar-refractivity contribution in [3.63, 3.8) is 0 Å². The van der Waals surface area contributed by atoms with Gasteiger partial charge in [-0.25, -0.2) is 4.79 Å². The summed E-state index contributed by atoms with van der Waals surface area (Å²) in [5, 5.41) is 8.05. The Morgan fingerprint density at radius 2 is 1.80 bits per heavy atom. The van der Waals surface area contributed by atoms with Crippen molar-refractivity contribution in [3.8, 4) is 5.69 Å². The lowest BCUT2D eigenvalue weighted by molar-refractivity contribution is -0.120. The van der Waals surface area contributed by atoms with Gasteiger partial charge in [-0.2, -0.15) is 4.68 Å². The van der Waals surface area contributed by atoms with E-state index in [0.717, 1.165) is 5.56 Å². The summed E-state index contributed by atoms with van der Waals surface area (Å²) >= 11 is 6.23. The Hall–Kier alpha value is -3.65. The number of nitrogens with zero attached hydrogens (tertiary/aromatic N) is 3. The summed E-state index contributed by atoms with van der Waals surface area (Å²) in [6.45, 7) is 5.24. The highest BCUT2D eigenvalue weighted by molar-refractivity contribution is 6.31. The van der Waals surface area contributed by atoms with Gasteiger partial charge < -0.3 is 15.0 Å². The van der Waals surface area contributed by atoms with Crippen LogP contribution in [0, 0.1) is 12.8 Å². The Morgan fingerprint density at radius 1 is 1.09 bits per heavy atom. The second kappa shape index (κ2) is 10.7. The molecule has 0 aliphatic carbocycles. The topological polar surface area (TPSA) is 93.5 Å². The third-order valence-electron chi connectivity index (χ3n) is 6.04. The molecule has 1 N–H and O–H groups in total. The molecular weight excluding hydrogens is 468 g/mol. The molecule has 1 fully saturated rings. The number of ether oxygens (including phenoxy) is 1. The highest BCUT2D eigenvalue weighted by Crippen LogP contribution is 2.24. The number of esters is 1. The maximum atomic E-state index is 12.8. The van der Waals surface area contributed by atoms with Crippen molar-refractivity contribution in [2.45, 2.75) is 26.7 Å². The van der Waals surface area contributed by atoms with Crippen molar-refractivity contribution in [2.24, 2.45) is 5.92 Å². The number of anilines is 2. The Bertz CT molecular complexity index is 1280. The molecule has 1 aromatic heterocycles. The largest absolute Gasteiger partial charge is 0.462 e. The average molecular weight is 495 g/mol. The number of piperidine rings is 1. The summed E-state index contributed by atoms with van der Waals surface area (Å²) in [7, 11) is 0. The van der Waals surface area contributed by atoms with Crippen LogP contribution in [0.1, 0.15) is 35.7 Å². The average Bonchev–Trinajstić information content (AvgIpc) is 2.87. The van der Waals surface area contributed by atoms with E-state index < -0.39 is 0 Å². The smallest absolute Gasteiger partial charge is 0.338 e. The van der Waals surface area contributed by atoms with Gasteiger partial charge in [0.25, 0.3) is 5.56 Å². The molecule has 0 radical (unpaired) electrons. The normalized spacial score (nSPS) is 14.0. The third-order valence-corrected chi connectivity index (χ3v) is 6.45. The zero-order chi connectivity index (χ0) is 24.9. The fourth-order valence-electron chi connectivity index (χ4n) is 3.99. The predicted molar refractivity (Wildman–Crippen MR) is 136 cm³/mol. The molecule has 2 heterocycles. The molecule has 2 aromatic carbocycles. The van der Waals surface area contributed by atoms with E-state index in [0.29, 0.717) is 60.3 Å². The zero-order valence-corrected chi connectivity index (χ0v) is 20.4. The minimum atomic E-state index is -0.386. The molecule has 4 rings (SSSR count). The van der Waals surface area contributed by atoms with Crippen molar-refractivity contribution in [3.05, 3.63) is 81.1 Å². The number of hydrogen-bond acceptors (Lipinski definition) is 6. The van der Waals surface area contributed by atoms with Crippen LogP contribution in [0.4, 0.5) is 11.5 Å². The van der Waals surface area contributed by atoms with Crippen LogP contribution >= 0.6 is 11.6 Å². The van der Waals surface area contributed by atoms with Gasteiger partial charge in [-0.05, 0) is 74.7 Å². The molecular formula is C26H27ClN4O4. The molecule has 1 saturated heterocycles. The van der Waals surface area contributed by atoms with E-state index in [9.17, 15) is 14.4 Å². The maximum Gasteiger partial charge on any atom is 0.338 e. The molecule has 8 nitrogen and oxygen atoms in total. The summed E-state index contributed by atoms with van der Waals surface area (Å²) in [6.07, 6.45) is 1.31. The van der Waals surface area contributed by atoms with E-state index >= 15 is 0 Å². The minimum Gasteiger partial charge on any atom is -0.462 e. The van der Waals surface area contributed by atoms with Gasteiger partial charge in [-0.1, -0.05) is 17.7 Å². The lowest BCUT2D eigenvalue weighted by Gasteiger charge is -2.32. The summed E-state index contributed by atoms with van der Waals surface area (Å²) in [5.74, 6) is 0.0939. The van der Waals surface area contributed by atoms with Gasteiger partial charge in [-0.3, -0.25) is 9.59 Å². The van der Waals surface area contributed by atoms with Crippen molar-refractivity contribution in [2.75, 3.05) is 29.9 Å². The van der Waals surface area contributed by atoms with Crippen LogP contribution in [0.3, 0.4) is 0 Å². The number of hydrogen-bond donors (Lipinski definition) is 1. The summed E-state index contributed by atoms with van der Waals surface area (Å²) in [4.78, 5) is 39.0. The second-order valence-corrected chi connectivity index (χ2v) is 8.83. The molecule has 1 aliphatic heterocycles. The fraction of sp³-hybridized carbons (Fsp3) is 0.308. The Morgan fingerprint density at radius 3 is 2.46 bits per heavy atom. The van der Waals surface area contributed by atoms with Crippen LogP contribution in [0.15, 0.2) is 59.4 Å². The van der Waals surface area contributed by atoms with Crippen LogP contribution < -0.4 is 15.8 Å². The van der Waals surface area contributed by atoms with E-state index in [4.69, 9.17) is 16.3 Å². The van der Waals surface area contributed by atoms with E-state index in [1.807, 2.05) is 19.1 Å². The van der Waals surface area contributed by atoms with E-state index in [1.165, 1.54) is 10.7 Å². The van der Waals surface area contributed by atoms with Crippen LogP contribution in [-0.4, -0.2) is 41.4 Å². The zero-order valence-electron chi connectivity index (χ0n) is 19.7. The first-order chi connectivity index (χ1) is 16.9. The Labute approximate surface area is 208 Å². The number of aryl methyl sites for hydroxylation is 1. The second-order valence-electron chi connectivity index (χ2n) is 8.42. The van der Waals surface area contributed by atoms with E-state index in [-0.39, 0.29) is 23.4 Å². The van der Waals surface area contributed by atoms with Crippen LogP contribution in [-0.2, 0) is 9.53 Å². The molecule has 0 spiro atoms. The number of carbonyl (C=O) groups is 2. The molecule has 35 heavy (non-hydrogen) atoms. The molecule has 9 heteroatoms. The third kappa shape index (κ3) is 5.71. The van der Waals surface area contributed by atoms with Gasteiger partial charge in [0.15, 0.2) is 0 Å². The number of halogens is 1. The first-order valence-corrected chi connectivity index (χ1v) is 11.9. The number of carbonyl (C=O) groups excluding carboxylic acids is 2. The van der Waals surface area contributed by atoms with Gasteiger partial charge in [0, 0.05) is 35.8 Å². The van der Waals surface area contributed by atoms with Gasteiger partial charge in [0.1, 0.15) is 5.82 Å². The van der Waals surface area contributed by atoms with Crippen molar-refractivity contribution in [1.29, 1.82) is 0 Å². The molecule has 1 aliphatic rings. The highest BCUT2D eigenvalue weighted by atomic mass is 35.5. The SMILES string of the molecule is CCOC(=O)c1ccc(NC(=O)C2CCN(c3ccc(=O)n(-c4ccc(C)c(Cl)c4)n3)CC2)cc1. The number of benzene rings is 2. The van der Waals surface area contributed by atoms with Crippen molar-refractivity contribution in [1.82, 2.24) is 9.78 Å².